The quantitative estimate of drug-likeness (QED) is 0.696. The van der Waals surface area contributed by atoms with Crippen LogP contribution in [-0.4, -0.2) is 44.3 Å². The van der Waals surface area contributed by atoms with Crippen molar-refractivity contribution in [1.29, 1.82) is 0 Å². The molecule has 102 valence electrons. The Labute approximate surface area is 107 Å². The molecule has 0 radical (unpaired) electrons. The summed E-state index contributed by atoms with van der Waals surface area (Å²) in [4.78, 5) is 2.20. The zero-order chi connectivity index (χ0) is 12.7. The van der Waals surface area contributed by atoms with Crippen LogP contribution < -0.4 is 5.73 Å². The second kappa shape index (κ2) is 7.34. The summed E-state index contributed by atoms with van der Waals surface area (Å²) in [6.45, 7) is 4.92. The first-order valence-corrected chi connectivity index (χ1v) is 7.10. The predicted molar refractivity (Wildman–Crippen MR) is 73.2 cm³/mol. The molecule has 0 heterocycles. The molecule has 0 saturated heterocycles. The van der Waals surface area contributed by atoms with Gasteiger partial charge in [-0.1, -0.05) is 13.3 Å². The van der Waals surface area contributed by atoms with Crippen molar-refractivity contribution in [1.82, 2.24) is 4.90 Å². The van der Waals surface area contributed by atoms with Crippen molar-refractivity contribution in [3.8, 4) is 0 Å². The Morgan fingerprint density at radius 2 is 1.94 bits per heavy atom. The fraction of sp³-hybridized carbons (Fsp3) is 1.00. The van der Waals surface area contributed by atoms with Crippen molar-refractivity contribution >= 4 is 0 Å². The Morgan fingerprint density at radius 1 is 1.29 bits per heavy atom. The first-order chi connectivity index (χ1) is 8.12. The maximum atomic E-state index is 6.11. The summed E-state index contributed by atoms with van der Waals surface area (Å²) in [5.74, 6) is 0.903. The summed E-state index contributed by atoms with van der Waals surface area (Å²) in [7, 11) is 4.20. The monoisotopic (exact) mass is 242 g/mol. The maximum Gasteiger partial charge on any atom is 0.0804 e. The second-order valence-corrected chi connectivity index (χ2v) is 5.74. The molecule has 0 unspecified atom stereocenters. The lowest BCUT2D eigenvalue weighted by Crippen LogP contribution is -2.44. The first-order valence-electron chi connectivity index (χ1n) is 7.10. The number of ether oxygens (including phenoxy) is 1. The van der Waals surface area contributed by atoms with Gasteiger partial charge in [-0.15, -0.1) is 0 Å². The molecule has 0 amide bonds. The van der Waals surface area contributed by atoms with Crippen LogP contribution in [0.5, 0.6) is 0 Å². The molecule has 0 aliphatic heterocycles. The molecule has 0 aromatic carbocycles. The summed E-state index contributed by atoms with van der Waals surface area (Å²) in [6.07, 6.45) is 7.31. The molecule has 1 fully saturated rings. The van der Waals surface area contributed by atoms with Crippen molar-refractivity contribution < 1.29 is 4.74 Å². The SMILES string of the molecule is CCC1CCC(CN)(OCCCN(C)C)CC1. The average molecular weight is 242 g/mol. The molecular weight excluding hydrogens is 212 g/mol. The number of rotatable bonds is 7. The van der Waals surface area contributed by atoms with Gasteiger partial charge in [0, 0.05) is 13.2 Å². The number of nitrogens with two attached hydrogens (primary N) is 1. The molecular formula is C14H30N2O. The number of hydrogen-bond donors (Lipinski definition) is 1. The van der Waals surface area contributed by atoms with Gasteiger partial charge in [-0.3, -0.25) is 0 Å². The summed E-state index contributed by atoms with van der Waals surface area (Å²) < 4.78 is 6.11. The molecule has 2 N–H and O–H groups in total. The third-order valence-corrected chi connectivity index (χ3v) is 4.12. The molecule has 17 heavy (non-hydrogen) atoms. The van der Waals surface area contributed by atoms with Gasteiger partial charge in [-0.2, -0.15) is 0 Å². The van der Waals surface area contributed by atoms with Crippen LogP contribution in [0, 0.1) is 5.92 Å². The molecule has 0 aromatic rings. The van der Waals surface area contributed by atoms with Crippen molar-refractivity contribution in [3.05, 3.63) is 0 Å². The standard InChI is InChI=1S/C14H30N2O/c1-4-13-6-8-14(12-15,9-7-13)17-11-5-10-16(2)3/h13H,4-12,15H2,1-3H3. The van der Waals surface area contributed by atoms with E-state index in [4.69, 9.17) is 10.5 Å². The van der Waals surface area contributed by atoms with Crippen LogP contribution in [0.4, 0.5) is 0 Å². The van der Waals surface area contributed by atoms with Gasteiger partial charge in [0.2, 0.25) is 0 Å². The molecule has 1 saturated carbocycles. The van der Waals surface area contributed by atoms with Gasteiger partial charge in [0.25, 0.3) is 0 Å². The Kier molecular flexibility index (Phi) is 6.45. The normalized spacial score (nSPS) is 29.8. The molecule has 0 spiro atoms. The largest absolute Gasteiger partial charge is 0.374 e. The van der Waals surface area contributed by atoms with E-state index in [1.54, 1.807) is 0 Å². The third kappa shape index (κ3) is 4.94. The van der Waals surface area contributed by atoms with Crippen LogP contribution >= 0.6 is 0 Å². The van der Waals surface area contributed by atoms with Crippen LogP contribution in [-0.2, 0) is 4.74 Å². The van der Waals surface area contributed by atoms with Crippen molar-refractivity contribution in [2.75, 3.05) is 33.8 Å². The van der Waals surface area contributed by atoms with Gasteiger partial charge in [-0.05, 0) is 58.7 Å². The topological polar surface area (TPSA) is 38.5 Å². The number of hydrogen-bond acceptors (Lipinski definition) is 3. The van der Waals surface area contributed by atoms with E-state index < -0.39 is 0 Å². The molecule has 0 atom stereocenters. The second-order valence-electron chi connectivity index (χ2n) is 5.74. The number of nitrogens with zero attached hydrogens (tertiary/aromatic N) is 1. The Balaban J connectivity index is 2.27. The zero-order valence-electron chi connectivity index (χ0n) is 11.9. The van der Waals surface area contributed by atoms with Gasteiger partial charge < -0.3 is 15.4 Å². The Bertz CT molecular complexity index is 198. The molecule has 3 nitrogen and oxygen atoms in total. The van der Waals surface area contributed by atoms with E-state index in [9.17, 15) is 0 Å². The lowest BCUT2D eigenvalue weighted by Gasteiger charge is -2.39. The van der Waals surface area contributed by atoms with Crippen molar-refractivity contribution in [2.24, 2.45) is 11.7 Å². The van der Waals surface area contributed by atoms with Crippen LogP contribution in [0.2, 0.25) is 0 Å². The average Bonchev–Trinajstić information content (AvgIpc) is 2.35. The van der Waals surface area contributed by atoms with E-state index in [-0.39, 0.29) is 5.60 Å². The predicted octanol–water partition coefficient (Wildman–Crippen LogP) is 2.25. The van der Waals surface area contributed by atoms with Crippen LogP contribution in [0.15, 0.2) is 0 Å². The zero-order valence-corrected chi connectivity index (χ0v) is 11.9. The molecule has 0 aromatic heterocycles. The fourth-order valence-electron chi connectivity index (χ4n) is 2.69. The molecule has 0 bridgehead atoms. The lowest BCUT2D eigenvalue weighted by atomic mass is 9.77. The highest BCUT2D eigenvalue weighted by Gasteiger charge is 2.34. The van der Waals surface area contributed by atoms with Crippen LogP contribution in [0.1, 0.15) is 45.4 Å². The summed E-state index contributed by atoms with van der Waals surface area (Å²) in [5, 5.41) is 0. The van der Waals surface area contributed by atoms with Gasteiger partial charge in [0.1, 0.15) is 0 Å². The fourth-order valence-corrected chi connectivity index (χ4v) is 2.69. The van der Waals surface area contributed by atoms with Gasteiger partial charge in [-0.25, -0.2) is 0 Å². The van der Waals surface area contributed by atoms with E-state index in [2.05, 4.69) is 25.9 Å². The van der Waals surface area contributed by atoms with Gasteiger partial charge in [0.05, 0.1) is 5.60 Å². The minimum atomic E-state index is -0.00200. The summed E-state index contributed by atoms with van der Waals surface area (Å²) >= 11 is 0. The molecule has 1 rings (SSSR count). The van der Waals surface area contributed by atoms with E-state index in [0.29, 0.717) is 6.54 Å². The minimum absolute atomic E-state index is 0.00200. The highest BCUT2D eigenvalue weighted by molar-refractivity contribution is 4.88. The Morgan fingerprint density at radius 3 is 2.41 bits per heavy atom. The van der Waals surface area contributed by atoms with E-state index >= 15 is 0 Å². The molecule has 1 aliphatic carbocycles. The van der Waals surface area contributed by atoms with E-state index in [0.717, 1.165) is 38.3 Å². The van der Waals surface area contributed by atoms with Crippen molar-refractivity contribution in [3.63, 3.8) is 0 Å². The lowest BCUT2D eigenvalue weighted by molar-refractivity contribution is -0.0731. The van der Waals surface area contributed by atoms with E-state index in [1.807, 2.05) is 0 Å². The highest BCUT2D eigenvalue weighted by Crippen LogP contribution is 2.35. The van der Waals surface area contributed by atoms with Gasteiger partial charge in [0.15, 0.2) is 0 Å². The van der Waals surface area contributed by atoms with Crippen molar-refractivity contribution in [2.45, 2.75) is 51.0 Å². The molecule has 1 aliphatic rings. The summed E-state index contributed by atoms with van der Waals surface area (Å²) in [6, 6.07) is 0. The van der Waals surface area contributed by atoms with Crippen LogP contribution in [0.25, 0.3) is 0 Å². The van der Waals surface area contributed by atoms with Gasteiger partial charge >= 0.3 is 0 Å². The third-order valence-electron chi connectivity index (χ3n) is 4.12. The highest BCUT2D eigenvalue weighted by atomic mass is 16.5. The molecule has 3 heteroatoms. The Hall–Kier alpha value is -0.120. The van der Waals surface area contributed by atoms with Crippen LogP contribution in [0.3, 0.4) is 0 Å². The first kappa shape index (κ1) is 14.9. The smallest absolute Gasteiger partial charge is 0.0804 e. The maximum absolute atomic E-state index is 6.11. The minimum Gasteiger partial charge on any atom is -0.374 e. The summed E-state index contributed by atoms with van der Waals surface area (Å²) in [5.41, 5.74) is 5.93. The van der Waals surface area contributed by atoms with E-state index in [1.165, 1.54) is 19.3 Å².